The summed E-state index contributed by atoms with van der Waals surface area (Å²) >= 11 is 7.37. The molecule has 0 aromatic carbocycles. The van der Waals surface area contributed by atoms with Crippen molar-refractivity contribution in [2.24, 2.45) is 0 Å². The second kappa shape index (κ2) is 5.10. The monoisotopic (exact) mass is 242 g/mol. The van der Waals surface area contributed by atoms with Crippen LogP contribution in [0.4, 0.5) is 0 Å². The van der Waals surface area contributed by atoms with Gasteiger partial charge in [-0.15, -0.1) is 11.3 Å². The van der Waals surface area contributed by atoms with E-state index in [4.69, 9.17) is 11.6 Å². The maximum atomic E-state index is 5.84. The van der Waals surface area contributed by atoms with Gasteiger partial charge in [-0.05, 0) is 25.3 Å². The molecule has 0 spiro atoms. The third-order valence-electron chi connectivity index (χ3n) is 2.47. The first-order valence-corrected chi connectivity index (χ1v) is 6.51. The molecule has 0 aliphatic heterocycles. The maximum Gasteiger partial charge on any atom is 0.117 e. The largest absolute Gasteiger partial charge is 0.310 e. The van der Waals surface area contributed by atoms with E-state index < -0.39 is 0 Å². The van der Waals surface area contributed by atoms with Crippen molar-refractivity contribution in [3.05, 3.63) is 21.1 Å². The molecule has 1 aliphatic rings. The molecule has 1 fully saturated rings. The molecule has 1 aromatic rings. The summed E-state index contributed by atoms with van der Waals surface area (Å²) < 4.78 is 0.756. The van der Waals surface area contributed by atoms with Crippen LogP contribution >= 0.6 is 22.9 Å². The van der Waals surface area contributed by atoms with Crippen LogP contribution in [0.1, 0.15) is 31.2 Å². The average Bonchev–Trinajstić information content (AvgIpc) is 2.97. The van der Waals surface area contributed by atoms with Gasteiger partial charge >= 0.3 is 0 Å². The first-order chi connectivity index (χ1) is 7.28. The fourth-order valence-corrected chi connectivity index (χ4v) is 2.27. The smallest absolute Gasteiger partial charge is 0.117 e. The number of thiazole rings is 1. The highest BCUT2D eigenvalue weighted by Gasteiger charge is 2.20. The van der Waals surface area contributed by atoms with Crippen molar-refractivity contribution in [2.45, 2.75) is 32.2 Å². The van der Waals surface area contributed by atoms with Crippen molar-refractivity contribution in [3.8, 4) is 0 Å². The lowest BCUT2D eigenvalue weighted by Gasteiger charge is -2.04. The molecule has 0 saturated heterocycles. The standard InChI is InChI=1S/C11H15ClN2S/c1-2-8(6-13-9-3-4-9)5-11-14-7-10(12)15-11/h5,7,9,13H,2-4,6H2,1H3/b8-5-. The lowest BCUT2D eigenvalue weighted by molar-refractivity contribution is 0.723. The number of hydrogen-bond acceptors (Lipinski definition) is 3. The van der Waals surface area contributed by atoms with E-state index in [1.165, 1.54) is 29.8 Å². The van der Waals surface area contributed by atoms with Crippen molar-refractivity contribution in [1.82, 2.24) is 10.3 Å². The summed E-state index contributed by atoms with van der Waals surface area (Å²) in [6.07, 6.45) is 7.59. The van der Waals surface area contributed by atoms with Crippen molar-refractivity contribution < 1.29 is 0 Å². The van der Waals surface area contributed by atoms with Gasteiger partial charge in [0.2, 0.25) is 0 Å². The summed E-state index contributed by atoms with van der Waals surface area (Å²) in [5, 5.41) is 4.52. The van der Waals surface area contributed by atoms with E-state index in [-0.39, 0.29) is 0 Å². The van der Waals surface area contributed by atoms with Crippen molar-refractivity contribution in [2.75, 3.05) is 6.54 Å². The molecule has 0 amide bonds. The molecule has 1 heterocycles. The van der Waals surface area contributed by atoms with Gasteiger partial charge in [0.15, 0.2) is 0 Å². The Morgan fingerprint density at radius 3 is 3.07 bits per heavy atom. The SMILES string of the molecule is CC/C(=C/c1ncc(Cl)s1)CNC1CC1. The van der Waals surface area contributed by atoms with Crippen LogP contribution in [0.3, 0.4) is 0 Å². The molecule has 1 N–H and O–H groups in total. The van der Waals surface area contributed by atoms with Gasteiger partial charge in [-0.1, -0.05) is 24.1 Å². The second-order valence-corrected chi connectivity index (χ2v) is 5.51. The molecule has 1 saturated carbocycles. The number of nitrogens with one attached hydrogen (secondary N) is 1. The Labute approximate surface area is 99.4 Å². The molecule has 0 bridgehead atoms. The quantitative estimate of drug-likeness (QED) is 0.857. The van der Waals surface area contributed by atoms with Gasteiger partial charge in [0.25, 0.3) is 0 Å². The number of hydrogen-bond donors (Lipinski definition) is 1. The lowest BCUT2D eigenvalue weighted by atomic mass is 10.2. The third kappa shape index (κ3) is 3.59. The van der Waals surface area contributed by atoms with Gasteiger partial charge in [-0.2, -0.15) is 0 Å². The first-order valence-electron chi connectivity index (χ1n) is 5.32. The maximum absolute atomic E-state index is 5.84. The Balaban J connectivity index is 1.94. The summed E-state index contributed by atoms with van der Waals surface area (Å²) in [5.41, 5.74) is 1.40. The highest BCUT2D eigenvalue weighted by molar-refractivity contribution is 7.16. The molecule has 1 aliphatic carbocycles. The van der Waals surface area contributed by atoms with Crippen LogP contribution in [0, 0.1) is 0 Å². The molecule has 15 heavy (non-hydrogen) atoms. The van der Waals surface area contributed by atoms with Gasteiger partial charge in [-0.25, -0.2) is 4.98 Å². The van der Waals surface area contributed by atoms with Crippen LogP contribution in [0.25, 0.3) is 6.08 Å². The van der Waals surface area contributed by atoms with Gasteiger partial charge < -0.3 is 5.32 Å². The molecule has 2 nitrogen and oxygen atoms in total. The van der Waals surface area contributed by atoms with Crippen molar-refractivity contribution in [1.29, 1.82) is 0 Å². The summed E-state index contributed by atoms with van der Waals surface area (Å²) in [5.74, 6) is 0. The lowest BCUT2D eigenvalue weighted by Crippen LogP contribution is -2.18. The van der Waals surface area contributed by atoms with E-state index in [0.717, 1.165) is 28.4 Å². The zero-order chi connectivity index (χ0) is 10.7. The van der Waals surface area contributed by atoms with Crippen LogP contribution in [-0.2, 0) is 0 Å². The molecule has 0 unspecified atom stereocenters. The second-order valence-electron chi connectivity index (χ2n) is 3.81. The first kappa shape index (κ1) is 11.1. The molecular weight excluding hydrogens is 228 g/mol. The molecule has 2 rings (SSSR count). The van der Waals surface area contributed by atoms with Crippen molar-refractivity contribution in [3.63, 3.8) is 0 Å². The average molecular weight is 243 g/mol. The predicted octanol–water partition coefficient (Wildman–Crippen LogP) is 3.34. The Morgan fingerprint density at radius 2 is 2.53 bits per heavy atom. The van der Waals surface area contributed by atoms with Crippen LogP contribution in [0.5, 0.6) is 0 Å². The van der Waals surface area contributed by atoms with E-state index in [9.17, 15) is 0 Å². The van der Waals surface area contributed by atoms with E-state index in [2.05, 4.69) is 23.3 Å². The van der Waals surface area contributed by atoms with Gasteiger partial charge in [-0.3, -0.25) is 0 Å². The highest BCUT2D eigenvalue weighted by atomic mass is 35.5. The van der Waals surface area contributed by atoms with Crippen LogP contribution in [-0.4, -0.2) is 17.6 Å². The fraction of sp³-hybridized carbons (Fsp3) is 0.545. The topological polar surface area (TPSA) is 24.9 Å². The molecule has 82 valence electrons. The highest BCUT2D eigenvalue weighted by Crippen LogP contribution is 2.22. The van der Waals surface area contributed by atoms with Gasteiger partial charge in [0, 0.05) is 12.6 Å². The van der Waals surface area contributed by atoms with E-state index in [1.54, 1.807) is 6.20 Å². The van der Waals surface area contributed by atoms with Crippen LogP contribution in [0.2, 0.25) is 4.34 Å². The summed E-state index contributed by atoms with van der Waals surface area (Å²) in [4.78, 5) is 4.23. The van der Waals surface area contributed by atoms with Crippen LogP contribution < -0.4 is 5.32 Å². The minimum Gasteiger partial charge on any atom is -0.310 e. The predicted molar refractivity (Wildman–Crippen MR) is 66.4 cm³/mol. The summed E-state index contributed by atoms with van der Waals surface area (Å²) in [6, 6.07) is 0.764. The van der Waals surface area contributed by atoms with Gasteiger partial charge in [0.05, 0.1) is 6.20 Å². The minimum absolute atomic E-state index is 0.756. The zero-order valence-corrected chi connectivity index (χ0v) is 10.4. The molecule has 0 atom stereocenters. The molecule has 0 radical (unpaired) electrons. The number of nitrogens with zero attached hydrogens (tertiary/aromatic N) is 1. The van der Waals surface area contributed by atoms with E-state index >= 15 is 0 Å². The number of aromatic nitrogens is 1. The third-order valence-corrected chi connectivity index (χ3v) is 3.53. The number of halogens is 1. The zero-order valence-electron chi connectivity index (χ0n) is 8.79. The van der Waals surface area contributed by atoms with Crippen molar-refractivity contribution >= 4 is 29.0 Å². The summed E-state index contributed by atoms with van der Waals surface area (Å²) in [7, 11) is 0. The number of rotatable bonds is 5. The molecular formula is C11H15ClN2S. The molecule has 4 heteroatoms. The Morgan fingerprint density at radius 1 is 1.73 bits per heavy atom. The van der Waals surface area contributed by atoms with Gasteiger partial charge in [0.1, 0.15) is 9.34 Å². The Kier molecular flexibility index (Phi) is 3.78. The fourth-order valence-electron chi connectivity index (χ4n) is 1.35. The molecule has 1 aromatic heterocycles. The van der Waals surface area contributed by atoms with E-state index in [1.807, 2.05) is 0 Å². The van der Waals surface area contributed by atoms with E-state index in [0.29, 0.717) is 0 Å². The Bertz CT molecular complexity index is 355. The Hall–Kier alpha value is -0.380. The normalized spacial score (nSPS) is 17.1. The van der Waals surface area contributed by atoms with Crippen LogP contribution in [0.15, 0.2) is 11.8 Å². The summed E-state index contributed by atoms with van der Waals surface area (Å²) in [6.45, 7) is 3.16. The minimum atomic E-state index is 0.756.